The molecule has 1 heterocycles. The normalized spacial score (nSPS) is 13.5. The van der Waals surface area contributed by atoms with Crippen LogP contribution >= 0.6 is 0 Å². The van der Waals surface area contributed by atoms with Gasteiger partial charge < -0.3 is 5.73 Å². The van der Waals surface area contributed by atoms with Crippen molar-refractivity contribution in [2.75, 3.05) is 0 Å². The molecule has 0 aliphatic heterocycles. The van der Waals surface area contributed by atoms with E-state index in [0.29, 0.717) is 0 Å². The maximum atomic E-state index is 5.86. The average Bonchev–Trinajstić information content (AvgIpc) is 2.58. The van der Waals surface area contributed by atoms with E-state index in [1.54, 1.807) is 6.20 Å². The van der Waals surface area contributed by atoms with Gasteiger partial charge in [0.25, 0.3) is 0 Å². The Bertz CT molecular complexity index is 1140. The third-order valence-electron chi connectivity index (χ3n) is 4.23. The van der Waals surface area contributed by atoms with Gasteiger partial charge in [0, 0.05) is 27.6 Å². The highest BCUT2D eigenvalue weighted by atomic mass is 14.7. The fourth-order valence-electron chi connectivity index (χ4n) is 3.10. The zero-order valence-corrected chi connectivity index (χ0v) is 12.4. The summed E-state index contributed by atoms with van der Waals surface area (Å²) in [4.78, 5) is 4.95. The van der Waals surface area contributed by atoms with Crippen molar-refractivity contribution in [1.29, 1.82) is 0 Å². The second kappa shape index (κ2) is 4.85. The lowest BCUT2D eigenvalue weighted by molar-refractivity contribution is 1.44. The van der Waals surface area contributed by atoms with Crippen LogP contribution in [0.25, 0.3) is 44.9 Å². The Hall–Kier alpha value is -2.87. The SMILES string of the molecule is C/C=c1/ccc2cc3ccc4ccccc4c3nc2/c1=C/N. The highest BCUT2D eigenvalue weighted by Gasteiger charge is 2.05. The van der Waals surface area contributed by atoms with E-state index in [1.165, 1.54) is 10.8 Å². The Morgan fingerprint density at radius 2 is 1.59 bits per heavy atom. The van der Waals surface area contributed by atoms with Crippen molar-refractivity contribution in [2.24, 2.45) is 5.73 Å². The van der Waals surface area contributed by atoms with Gasteiger partial charge in [0.1, 0.15) is 0 Å². The maximum absolute atomic E-state index is 5.86. The third-order valence-corrected chi connectivity index (χ3v) is 4.23. The van der Waals surface area contributed by atoms with Crippen LogP contribution in [0.5, 0.6) is 0 Å². The molecule has 0 fully saturated rings. The minimum Gasteiger partial charge on any atom is -0.404 e. The zero-order chi connectivity index (χ0) is 15.1. The Labute approximate surface area is 128 Å². The molecule has 0 atom stereocenters. The van der Waals surface area contributed by atoms with Gasteiger partial charge in [0.15, 0.2) is 0 Å². The predicted octanol–water partition coefficient (Wildman–Crippen LogP) is 3.04. The molecular formula is C20H16N2. The molecule has 0 bridgehead atoms. The summed E-state index contributed by atoms with van der Waals surface area (Å²) in [5.41, 5.74) is 7.85. The molecule has 4 aromatic rings. The first-order chi connectivity index (χ1) is 10.8. The van der Waals surface area contributed by atoms with Crippen LogP contribution in [0.4, 0.5) is 0 Å². The molecule has 3 aromatic carbocycles. The van der Waals surface area contributed by atoms with E-state index in [2.05, 4.69) is 60.7 Å². The summed E-state index contributed by atoms with van der Waals surface area (Å²) in [6.07, 6.45) is 3.72. The fourth-order valence-corrected chi connectivity index (χ4v) is 3.10. The number of nitrogens with zero attached hydrogens (tertiary/aromatic N) is 1. The first-order valence-corrected chi connectivity index (χ1v) is 7.41. The molecule has 0 aliphatic rings. The molecule has 0 aliphatic carbocycles. The smallest absolute Gasteiger partial charge is 0.0802 e. The highest BCUT2D eigenvalue weighted by molar-refractivity contribution is 6.08. The summed E-state index contributed by atoms with van der Waals surface area (Å²) in [5, 5.41) is 6.76. The topological polar surface area (TPSA) is 38.9 Å². The van der Waals surface area contributed by atoms with Gasteiger partial charge in [-0.25, -0.2) is 4.98 Å². The number of rotatable bonds is 0. The molecule has 106 valence electrons. The van der Waals surface area contributed by atoms with Gasteiger partial charge in [-0.15, -0.1) is 0 Å². The van der Waals surface area contributed by atoms with Crippen LogP contribution in [0.3, 0.4) is 0 Å². The van der Waals surface area contributed by atoms with Gasteiger partial charge in [-0.1, -0.05) is 54.6 Å². The van der Waals surface area contributed by atoms with Crippen LogP contribution in [-0.4, -0.2) is 4.98 Å². The van der Waals surface area contributed by atoms with Crippen molar-refractivity contribution in [3.8, 4) is 0 Å². The lowest BCUT2D eigenvalue weighted by Gasteiger charge is -2.06. The van der Waals surface area contributed by atoms with E-state index >= 15 is 0 Å². The van der Waals surface area contributed by atoms with Crippen molar-refractivity contribution in [1.82, 2.24) is 4.98 Å². The second-order valence-electron chi connectivity index (χ2n) is 5.44. The average molecular weight is 284 g/mol. The van der Waals surface area contributed by atoms with E-state index in [9.17, 15) is 0 Å². The summed E-state index contributed by atoms with van der Waals surface area (Å²) in [6.45, 7) is 2.02. The largest absolute Gasteiger partial charge is 0.404 e. The molecule has 1 aromatic heterocycles. The molecular weight excluding hydrogens is 268 g/mol. The Balaban J connectivity index is 2.30. The number of pyridine rings is 1. The number of benzene rings is 3. The molecule has 2 N–H and O–H groups in total. The minimum absolute atomic E-state index is 0.960. The van der Waals surface area contributed by atoms with Gasteiger partial charge in [-0.2, -0.15) is 0 Å². The highest BCUT2D eigenvalue weighted by Crippen LogP contribution is 2.25. The predicted molar refractivity (Wildman–Crippen MR) is 94.8 cm³/mol. The first kappa shape index (κ1) is 12.8. The van der Waals surface area contributed by atoms with Gasteiger partial charge in [0.2, 0.25) is 0 Å². The van der Waals surface area contributed by atoms with Gasteiger partial charge in [-0.05, 0) is 23.6 Å². The molecule has 0 saturated heterocycles. The minimum atomic E-state index is 0.960. The molecule has 0 radical (unpaired) electrons. The van der Waals surface area contributed by atoms with Crippen LogP contribution in [0, 0.1) is 0 Å². The maximum Gasteiger partial charge on any atom is 0.0802 e. The zero-order valence-electron chi connectivity index (χ0n) is 12.4. The lowest BCUT2D eigenvalue weighted by Crippen LogP contribution is -2.27. The van der Waals surface area contributed by atoms with Crippen molar-refractivity contribution in [3.63, 3.8) is 0 Å². The second-order valence-corrected chi connectivity index (χ2v) is 5.44. The van der Waals surface area contributed by atoms with E-state index in [4.69, 9.17) is 10.7 Å². The van der Waals surface area contributed by atoms with Crippen LogP contribution in [-0.2, 0) is 0 Å². The Morgan fingerprint density at radius 1 is 0.864 bits per heavy atom. The van der Waals surface area contributed by atoms with Crippen molar-refractivity contribution >= 4 is 44.9 Å². The first-order valence-electron chi connectivity index (χ1n) is 7.41. The van der Waals surface area contributed by atoms with Crippen molar-refractivity contribution in [2.45, 2.75) is 6.92 Å². The molecule has 22 heavy (non-hydrogen) atoms. The standard InChI is InChI=1S/C20H16N2/c1-2-13-7-9-16-11-15-10-8-14-5-3-4-6-17(14)19(15)22-20(16)18(13)12-21/h2-12H,21H2,1H3/b13-2-,18-12+. The molecule has 2 nitrogen and oxygen atoms in total. The molecule has 0 spiro atoms. The third kappa shape index (κ3) is 1.77. The number of aromatic nitrogens is 1. The molecule has 4 rings (SSSR count). The summed E-state index contributed by atoms with van der Waals surface area (Å²) in [6, 6.07) is 19.0. The Kier molecular flexibility index (Phi) is 2.83. The molecule has 0 amide bonds. The van der Waals surface area contributed by atoms with Crippen LogP contribution in [0.1, 0.15) is 6.92 Å². The van der Waals surface area contributed by atoms with Gasteiger partial charge in [-0.3, -0.25) is 0 Å². The molecule has 0 saturated carbocycles. The quantitative estimate of drug-likeness (QED) is 0.398. The fraction of sp³-hybridized carbons (Fsp3) is 0.0500. The van der Waals surface area contributed by atoms with Crippen LogP contribution < -0.4 is 16.2 Å². The number of hydrogen-bond donors (Lipinski definition) is 1. The van der Waals surface area contributed by atoms with Gasteiger partial charge >= 0.3 is 0 Å². The number of nitrogens with two attached hydrogens (primary N) is 1. The molecule has 2 heteroatoms. The molecule has 0 unspecified atom stereocenters. The summed E-state index contributed by atoms with van der Waals surface area (Å²) in [5.74, 6) is 0. The monoisotopic (exact) mass is 284 g/mol. The van der Waals surface area contributed by atoms with Crippen LogP contribution in [0.2, 0.25) is 0 Å². The Morgan fingerprint density at radius 3 is 2.41 bits per heavy atom. The summed E-state index contributed by atoms with van der Waals surface area (Å²) >= 11 is 0. The summed E-state index contributed by atoms with van der Waals surface area (Å²) < 4.78 is 0. The van der Waals surface area contributed by atoms with Gasteiger partial charge in [0.05, 0.1) is 11.0 Å². The lowest BCUT2D eigenvalue weighted by atomic mass is 10.0. The van der Waals surface area contributed by atoms with E-state index < -0.39 is 0 Å². The van der Waals surface area contributed by atoms with Crippen molar-refractivity contribution < 1.29 is 0 Å². The van der Waals surface area contributed by atoms with E-state index in [1.807, 2.05) is 6.92 Å². The van der Waals surface area contributed by atoms with E-state index in [-0.39, 0.29) is 0 Å². The summed E-state index contributed by atoms with van der Waals surface area (Å²) in [7, 11) is 0. The van der Waals surface area contributed by atoms with Crippen molar-refractivity contribution in [3.05, 3.63) is 65.0 Å². The van der Waals surface area contributed by atoms with E-state index in [0.717, 1.165) is 32.2 Å². The number of hydrogen-bond acceptors (Lipinski definition) is 2. The van der Waals surface area contributed by atoms with Crippen LogP contribution in [0.15, 0.2) is 54.6 Å². The number of fused-ring (bicyclic) bond motifs is 4.